The molecule has 0 fully saturated rings. The molecule has 0 radical (unpaired) electrons. The summed E-state index contributed by atoms with van der Waals surface area (Å²) >= 11 is 3.67. The molecule has 138 valence electrons. The SMILES string of the molecule is CC(C)CCSc1ncnc2c1sc1nc(CC(C)C)c3c(c12)CCC3. The molecule has 0 aliphatic heterocycles. The lowest BCUT2D eigenvalue weighted by molar-refractivity contribution is 0.632. The quantitative estimate of drug-likeness (QED) is 0.381. The van der Waals surface area contributed by atoms with Crippen LogP contribution in [0.3, 0.4) is 0 Å². The Morgan fingerprint density at radius 3 is 2.65 bits per heavy atom. The molecule has 0 bridgehead atoms. The van der Waals surface area contributed by atoms with Crippen molar-refractivity contribution in [1.82, 2.24) is 15.0 Å². The van der Waals surface area contributed by atoms with Crippen LogP contribution < -0.4 is 0 Å². The van der Waals surface area contributed by atoms with Gasteiger partial charge in [-0.2, -0.15) is 0 Å². The van der Waals surface area contributed by atoms with Gasteiger partial charge in [0.25, 0.3) is 0 Å². The van der Waals surface area contributed by atoms with Crippen LogP contribution in [0.4, 0.5) is 0 Å². The second-order valence-corrected chi connectivity index (χ2v) is 10.2. The van der Waals surface area contributed by atoms with E-state index in [0.717, 1.165) is 28.6 Å². The first-order valence-electron chi connectivity index (χ1n) is 9.75. The van der Waals surface area contributed by atoms with Crippen LogP contribution in [0.2, 0.25) is 0 Å². The van der Waals surface area contributed by atoms with E-state index in [1.165, 1.54) is 57.4 Å². The minimum Gasteiger partial charge on any atom is -0.242 e. The molecule has 3 aromatic rings. The largest absolute Gasteiger partial charge is 0.242 e. The zero-order valence-corrected chi connectivity index (χ0v) is 17.8. The van der Waals surface area contributed by atoms with Gasteiger partial charge in [0.1, 0.15) is 16.2 Å². The predicted octanol–water partition coefficient (Wildman–Crippen LogP) is 6.06. The van der Waals surface area contributed by atoms with Crippen LogP contribution in [0.25, 0.3) is 20.4 Å². The van der Waals surface area contributed by atoms with Crippen LogP contribution in [-0.2, 0) is 19.3 Å². The molecule has 3 nitrogen and oxygen atoms in total. The summed E-state index contributed by atoms with van der Waals surface area (Å²) in [6.45, 7) is 9.12. The number of nitrogens with zero attached hydrogens (tertiary/aromatic N) is 3. The first-order valence-corrected chi connectivity index (χ1v) is 11.6. The molecule has 0 N–H and O–H groups in total. The van der Waals surface area contributed by atoms with E-state index < -0.39 is 0 Å². The molecule has 0 atom stereocenters. The van der Waals surface area contributed by atoms with Crippen molar-refractivity contribution in [2.24, 2.45) is 11.8 Å². The number of thioether (sulfide) groups is 1. The van der Waals surface area contributed by atoms with Crippen LogP contribution in [0.5, 0.6) is 0 Å². The fourth-order valence-electron chi connectivity index (χ4n) is 3.81. The van der Waals surface area contributed by atoms with Crippen molar-refractivity contribution in [1.29, 1.82) is 0 Å². The van der Waals surface area contributed by atoms with E-state index in [-0.39, 0.29) is 0 Å². The highest BCUT2D eigenvalue weighted by atomic mass is 32.2. The van der Waals surface area contributed by atoms with Crippen molar-refractivity contribution in [3.05, 3.63) is 23.1 Å². The summed E-state index contributed by atoms with van der Waals surface area (Å²) in [5.74, 6) is 2.48. The third-order valence-electron chi connectivity index (χ3n) is 5.06. The highest BCUT2D eigenvalue weighted by Gasteiger charge is 2.24. The maximum Gasteiger partial charge on any atom is 0.126 e. The van der Waals surface area contributed by atoms with Gasteiger partial charge < -0.3 is 0 Å². The Balaban J connectivity index is 1.83. The summed E-state index contributed by atoms with van der Waals surface area (Å²) in [5, 5.41) is 2.45. The third kappa shape index (κ3) is 3.36. The number of hydrogen-bond donors (Lipinski definition) is 0. The lowest BCUT2D eigenvalue weighted by Crippen LogP contribution is -2.03. The number of fused-ring (bicyclic) bond motifs is 5. The van der Waals surface area contributed by atoms with Crippen LogP contribution in [0.1, 0.15) is 57.4 Å². The summed E-state index contributed by atoms with van der Waals surface area (Å²) in [6, 6.07) is 0. The molecule has 3 aromatic heterocycles. The Morgan fingerprint density at radius 1 is 1.08 bits per heavy atom. The van der Waals surface area contributed by atoms with Crippen molar-refractivity contribution in [2.45, 2.75) is 64.8 Å². The van der Waals surface area contributed by atoms with Gasteiger partial charge in [0.2, 0.25) is 0 Å². The van der Waals surface area contributed by atoms with Crippen LogP contribution in [-0.4, -0.2) is 20.7 Å². The predicted molar refractivity (Wildman–Crippen MR) is 113 cm³/mol. The van der Waals surface area contributed by atoms with Crippen molar-refractivity contribution in [2.75, 3.05) is 5.75 Å². The number of hydrogen-bond acceptors (Lipinski definition) is 5. The normalized spacial score (nSPS) is 14.2. The van der Waals surface area contributed by atoms with Gasteiger partial charge in [0.15, 0.2) is 0 Å². The summed E-state index contributed by atoms with van der Waals surface area (Å²) in [4.78, 5) is 15.6. The van der Waals surface area contributed by atoms with Gasteiger partial charge in [-0.25, -0.2) is 15.0 Å². The Bertz CT molecular complexity index is 943. The molecule has 0 spiro atoms. The van der Waals surface area contributed by atoms with Crippen molar-refractivity contribution < 1.29 is 0 Å². The van der Waals surface area contributed by atoms with Gasteiger partial charge >= 0.3 is 0 Å². The molecule has 1 aliphatic carbocycles. The van der Waals surface area contributed by atoms with E-state index in [4.69, 9.17) is 4.98 Å². The molecule has 0 saturated carbocycles. The lowest BCUT2D eigenvalue weighted by atomic mass is 9.99. The molecular weight excluding hydrogens is 358 g/mol. The molecule has 0 amide bonds. The van der Waals surface area contributed by atoms with Gasteiger partial charge in [-0.15, -0.1) is 23.1 Å². The molecule has 0 aromatic carbocycles. The van der Waals surface area contributed by atoms with E-state index in [1.54, 1.807) is 17.7 Å². The molecule has 0 saturated heterocycles. The smallest absolute Gasteiger partial charge is 0.126 e. The zero-order valence-electron chi connectivity index (χ0n) is 16.1. The average Bonchev–Trinajstić information content (AvgIpc) is 3.18. The minimum absolute atomic E-state index is 0.640. The summed E-state index contributed by atoms with van der Waals surface area (Å²) in [6.07, 6.45) is 7.64. The minimum atomic E-state index is 0.640. The van der Waals surface area contributed by atoms with Gasteiger partial charge in [-0.1, -0.05) is 27.7 Å². The van der Waals surface area contributed by atoms with Gasteiger partial charge in [0, 0.05) is 11.1 Å². The highest BCUT2D eigenvalue weighted by molar-refractivity contribution is 7.99. The number of rotatable bonds is 6. The summed E-state index contributed by atoms with van der Waals surface area (Å²) in [7, 11) is 0. The monoisotopic (exact) mass is 385 g/mol. The fraction of sp³-hybridized carbons (Fsp3) is 0.571. The van der Waals surface area contributed by atoms with Crippen LogP contribution in [0, 0.1) is 11.8 Å². The van der Waals surface area contributed by atoms with E-state index in [1.807, 2.05) is 11.8 Å². The molecular formula is C21H27N3S2. The highest BCUT2D eigenvalue weighted by Crippen LogP contribution is 2.42. The van der Waals surface area contributed by atoms with E-state index in [9.17, 15) is 0 Å². The molecule has 1 aliphatic rings. The van der Waals surface area contributed by atoms with Crippen LogP contribution >= 0.6 is 23.1 Å². The molecule has 26 heavy (non-hydrogen) atoms. The molecule has 3 heterocycles. The number of aromatic nitrogens is 3. The third-order valence-corrected chi connectivity index (χ3v) is 7.29. The Labute approximate surface area is 164 Å². The first kappa shape index (κ1) is 18.2. The maximum absolute atomic E-state index is 5.12. The Hall–Kier alpha value is -1.20. The van der Waals surface area contributed by atoms with Crippen molar-refractivity contribution >= 4 is 43.5 Å². The topological polar surface area (TPSA) is 38.7 Å². The average molecular weight is 386 g/mol. The second kappa shape index (κ2) is 7.43. The molecule has 0 unspecified atom stereocenters. The standard InChI is InChI=1S/C21H27N3S2/c1-12(2)8-9-25-21-19-18(22-11-23-21)17-15-7-5-6-14(15)16(10-13(3)4)24-20(17)26-19/h11-13H,5-10H2,1-4H3. The number of pyridine rings is 1. The number of thiophene rings is 1. The van der Waals surface area contributed by atoms with E-state index in [2.05, 4.69) is 37.7 Å². The van der Waals surface area contributed by atoms with Gasteiger partial charge in [0.05, 0.1) is 10.2 Å². The van der Waals surface area contributed by atoms with Crippen molar-refractivity contribution in [3.63, 3.8) is 0 Å². The molecule has 4 rings (SSSR count). The van der Waals surface area contributed by atoms with Gasteiger partial charge in [-0.3, -0.25) is 0 Å². The Kier molecular flexibility index (Phi) is 5.20. The van der Waals surface area contributed by atoms with Gasteiger partial charge in [-0.05, 0) is 60.8 Å². The Morgan fingerprint density at radius 2 is 1.88 bits per heavy atom. The zero-order chi connectivity index (χ0) is 18.3. The van der Waals surface area contributed by atoms with Crippen LogP contribution in [0.15, 0.2) is 11.4 Å². The molecule has 5 heteroatoms. The fourth-order valence-corrected chi connectivity index (χ4v) is 6.30. The van der Waals surface area contributed by atoms with E-state index >= 15 is 0 Å². The summed E-state index contributed by atoms with van der Waals surface area (Å²) in [5.41, 5.74) is 5.49. The summed E-state index contributed by atoms with van der Waals surface area (Å²) < 4.78 is 1.24. The number of aryl methyl sites for hydroxylation is 1. The van der Waals surface area contributed by atoms with Crippen molar-refractivity contribution in [3.8, 4) is 0 Å². The second-order valence-electron chi connectivity index (χ2n) is 8.14. The lowest BCUT2D eigenvalue weighted by Gasteiger charge is -2.11. The maximum atomic E-state index is 5.12. The first-order chi connectivity index (χ1) is 12.5. The van der Waals surface area contributed by atoms with E-state index in [0.29, 0.717) is 5.92 Å².